The predicted octanol–water partition coefficient (Wildman–Crippen LogP) is 1.91. The van der Waals surface area contributed by atoms with Gasteiger partial charge in [0.1, 0.15) is 5.65 Å². The van der Waals surface area contributed by atoms with E-state index in [2.05, 4.69) is 15.0 Å². The SMILES string of the molecule is CCOC(=O)c1cn2cccc(C3=NC(Cl)C=N3)c2n1. The summed E-state index contributed by atoms with van der Waals surface area (Å²) >= 11 is 5.87. The molecule has 20 heavy (non-hydrogen) atoms. The second-order valence-electron chi connectivity index (χ2n) is 4.10. The van der Waals surface area contributed by atoms with Gasteiger partial charge in [0.15, 0.2) is 17.0 Å². The third-order valence-corrected chi connectivity index (χ3v) is 2.98. The van der Waals surface area contributed by atoms with Crippen molar-refractivity contribution in [3.8, 4) is 0 Å². The summed E-state index contributed by atoms with van der Waals surface area (Å²) in [7, 11) is 0. The maximum atomic E-state index is 11.7. The fourth-order valence-corrected chi connectivity index (χ4v) is 2.09. The van der Waals surface area contributed by atoms with Gasteiger partial charge in [0.25, 0.3) is 0 Å². The molecule has 1 atom stereocenters. The fourth-order valence-electron chi connectivity index (χ4n) is 1.95. The lowest BCUT2D eigenvalue weighted by molar-refractivity contribution is 0.0520. The van der Waals surface area contributed by atoms with E-state index in [1.165, 1.54) is 0 Å². The molecule has 2 aromatic rings. The summed E-state index contributed by atoms with van der Waals surface area (Å²) in [5, 5.41) is 0. The van der Waals surface area contributed by atoms with Crippen LogP contribution in [0.1, 0.15) is 23.0 Å². The molecule has 102 valence electrons. The molecular formula is C13H11ClN4O2. The molecule has 0 bridgehead atoms. The van der Waals surface area contributed by atoms with Gasteiger partial charge in [-0.3, -0.25) is 0 Å². The van der Waals surface area contributed by atoms with Gasteiger partial charge >= 0.3 is 5.97 Å². The number of aliphatic imine (C=N–C) groups is 2. The second kappa shape index (κ2) is 5.05. The Morgan fingerprint density at radius 3 is 3.10 bits per heavy atom. The van der Waals surface area contributed by atoms with Crippen LogP contribution in [0, 0.1) is 0 Å². The number of amidine groups is 1. The molecule has 0 aromatic carbocycles. The maximum Gasteiger partial charge on any atom is 0.358 e. The normalized spacial score (nSPS) is 17.5. The zero-order valence-corrected chi connectivity index (χ0v) is 11.4. The highest BCUT2D eigenvalue weighted by Crippen LogP contribution is 2.17. The molecule has 3 heterocycles. The number of hydrogen-bond acceptors (Lipinski definition) is 5. The highest BCUT2D eigenvalue weighted by molar-refractivity contribution is 6.31. The minimum Gasteiger partial charge on any atom is -0.461 e. The van der Waals surface area contributed by atoms with Crippen molar-refractivity contribution in [3.63, 3.8) is 0 Å². The van der Waals surface area contributed by atoms with Crippen molar-refractivity contribution >= 4 is 35.3 Å². The van der Waals surface area contributed by atoms with E-state index in [-0.39, 0.29) is 5.69 Å². The lowest BCUT2D eigenvalue weighted by atomic mass is 10.2. The zero-order valence-electron chi connectivity index (χ0n) is 10.7. The van der Waals surface area contributed by atoms with Gasteiger partial charge in [0.2, 0.25) is 0 Å². The Balaban J connectivity index is 2.08. The number of ether oxygens (including phenoxy) is 1. The van der Waals surface area contributed by atoms with Crippen LogP contribution in [0.15, 0.2) is 34.5 Å². The van der Waals surface area contributed by atoms with Crippen LogP contribution in [-0.2, 0) is 4.74 Å². The molecule has 6 nitrogen and oxygen atoms in total. The van der Waals surface area contributed by atoms with Gasteiger partial charge in [-0.2, -0.15) is 0 Å². The number of aromatic nitrogens is 2. The third kappa shape index (κ3) is 2.18. The van der Waals surface area contributed by atoms with Crippen LogP contribution in [0.5, 0.6) is 0 Å². The van der Waals surface area contributed by atoms with Gasteiger partial charge in [0.05, 0.1) is 12.2 Å². The molecule has 1 aliphatic rings. The van der Waals surface area contributed by atoms with E-state index in [1.54, 1.807) is 29.9 Å². The van der Waals surface area contributed by atoms with E-state index in [1.807, 2.05) is 12.1 Å². The molecule has 0 N–H and O–H groups in total. The van der Waals surface area contributed by atoms with Gasteiger partial charge in [-0.25, -0.2) is 19.8 Å². The number of esters is 1. The van der Waals surface area contributed by atoms with Gasteiger partial charge in [-0.15, -0.1) is 0 Å². The Hall–Kier alpha value is -2.21. The molecular weight excluding hydrogens is 280 g/mol. The quantitative estimate of drug-likeness (QED) is 0.492. The van der Waals surface area contributed by atoms with Crippen molar-refractivity contribution in [3.05, 3.63) is 35.8 Å². The monoisotopic (exact) mass is 290 g/mol. The summed E-state index contributed by atoms with van der Waals surface area (Å²) in [5.41, 5.74) is 1.12. The number of alkyl halides is 1. The lowest BCUT2D eigenvalue weighted by Crippen LogP contribution is -2.04. The number of nitrogens with zero attached hydrogens (tertiary/aromatic N) is 4. The van der Waals surface area contributed by atoms with Crippen LogP contribution < -0.4 is 0 Å². The Labute approximate surface area is 119 Å². The minimum absolute atomic E-state index is 0.254. The standard InChI is InChI=1S/C13H11ClN4O2/c1-2-20-13(19)9-7-18-5-3-4-8(12(18)16-9)11-15-6-10(14)17-11/h3-7,10H,2H2,1H3. The molecule has 2 aromatic heterocycles. The molecule has 0 spiro atoms. The molecule has 0 aliphatic carbocycles. The number of imidazole rings is 1. The lowest BCUT2D eigenvalue weighted by Gasteiger charge is -2.00. The largest absolute Gasteiger partial charge is 0.461 e. The van der Waals surface area contributed by atoms with Crippen LogP contribution in [0.3, 0.4) is 0 Å². The summed E-state index contributed by atoms with van der Waals surface area (Å²) in [6.45, 7) is 2.06. The van der Waals surface area contributed by atoms with Gasteiger partial charge < -0.3 is 9.14 Å². The zero-order chi connectivity index (χ0) is 14.1. The first-order valence-electron chi connectivity index (χ1n) is 6.10. The molecule has 0 saturated carbocycles. The number of rotatable bonds is 3. The van der Waals surface area contributed by atoms with Crippen molar-refractivity contribution in [2.75, 3.05) is 6.61 Å². The first-order valence-corrected chi connectivity index (χ1v) is 6.54. The van der Waals surface area contributed by atoms with Crippen LogP contribution in [0.2, 0.25) is 0 Å². The third-order valence-electron chi connectivity index (χ3n) is 2.77. The van der Waals surface area contributed by atoms with Crippen LogP contribution in [0.4, 0.5) is 0 Å². The molecule has 0 radical (unpaired) electrons. The van der Waals surface area contributed by atoms with Crippen molar-refractivity contribution in [1.29, 1.82) is 0 Å². The molecule has 0 amide bonds. The van der Waals surface area contributed by atoms with Crippen molar-refractivity contribution in [2.45, 2.75) is 12.4 Å². The Kier molecular flexibility index (Phi) is 3.23. The fraction of sp³-hybridized carbons (Fsp3) is 0.231. The van der Waals surface area contributed by atoms with E-state index in [0.717, 1.165) is 5.56 Å². The molecule has 7 heteroatoms. The van der Waals surface area contributed by atoms with Gasteiger partial charge in [-0.1, -0.05) is 11.6 Å². The Bertz CT molecular complexity index is 735. The van der Waals surface area contributed by atoms with Gasteiger partial charge in [0, 0.05) is 18.6 Å². The van der Waals surface area contributed by atoms with E-state index in [4.69, 9.17) is 16.3 Å². The highest BCUT2D eigenvalue weighted by Gasteiger charge is 2.18. The Morgan fingerprint density at radius 2 is 2.40 bits per heavy atom. The predicted molar refractivity (Wildman–Crippen MR) is 75.8 cm³/mol. The van der Waals surface area contributed by atoms with Crippen molar-refractivity contribution in [1.82, 2.24) is 9.38 Å². The van der Waals surface area contributed by atoms with Crippen molar-refractivity contribution < 1.29 is 9.53 Å². The summed E-state index contributed by atoms with van der Waals surface area (Å²) in [5.74, 6) is 0.0610. The number of carbonyl (C=O) groups excluding carboxylic acids is 1. The highest BCUT2D eigenvalue weighted by atomic mass is 35.5. The number of halogens is 1. The van der Waals surface area contributed by atoms with E-state index >= 15 is 0 Å². The topological polar surface area (TPSA) is 68.3 Å². The molecule has 1 aliphatic heterocycles. The first kappa shape index (κ1) is 12.8. The van der Waals surface area contributed by atoms with Crippen LogP contribution in [0.25, 0.3) is 5.65 Å². The van der Waals surface area contributed by atoms with Crippen molar-refractivity contribution in [2.24, 2.45) is 9.98 Å². The maximum absolute atomic E-state index is 11.7. The second-order valence-corrected chi connectivity index (χ2v) is 4.55. The number of fused-ring (bicyclic) bond motifs is 1. The first-order chi connectivity index (χ1) is 9.69. The number of carbonyl (C=O) groups is 1. The summed E-state index contributed by atoms with van der Waals surface area (Å²) in [4.78, 5) is 24.4. The van der Waals surface area contributed by atoms with Gasteiger partial charge in [-0.05, 0) is 19.1 Å². The molecule has 1 unspecified atom stereocenters. The summed E-state index contributed by atoms with van der Waals surface area (Å²) < 4.78 is 6.68. The Morgan fingerprint density at radius 1 is 1.55 bits per heavy atom. The molecule has 0 saturated heterocycles. The summed E-state index contributed by atoms with van der Waals surface area (Å²) in [6.07, 6.45) is 4.97. The summed E-state index contributed by atoms with van der Waals surface area (Å²) in [6, 6.07) is 3.67. The van der Waals surface area contributed by atoms with E-state index < -0.39 is 11.5 Å². The number of hydrogen-bond donors (Lipinski definition) is 0. The van der Waals surface area contributed by atoms with Crippen LogP contribution in [-0.4, -0.2) is 39.5 Å². The number of pyridine rings is 1. The smallest absolute Gasteiger partial charge is 0.358 e. The molecule has 3 rings (SSSR count). The van der Waals surface area contributed by atoms with Crippen LogP contribution >= 0.6 is 11.6 Å². The average molecular weight is 291 g/mol. The van der Waals surface area contributed by atoms with E-state index in [0.29, 0.717) is 18.1 Å². The molecule has 0 fully saturated rings. The minimum atomic E-state index is -0.454. The van der Waals surface area contributed by atoms with E-state index in [9.17, 15) is 4.79 Å². The average Bonchev–Trinajstić information content (AvgIpc) is 3.04.